The molecule has 0 aromatic carbocycles. The monoisotopic (exact) mass is 194 g/mol. The second-order valence-corrected chi connectivity index (χ2v) is 3.47. The summed E-state index contributed by atoms with van der Waals surface area (Å²) in [6.07, 6.45) is 1.09. The van der Waals surface area contributed by atoms with Crippen LogP contribution in [0.3, 0.4) is 0 Å². The van der Waals surface area contributed by atoms with Crippen LogP contribution >= 0.6 is 8.25 Å². The van der Waals surface area contributed by atoms with Gasteiger partial charge in [0.25, 0.3) is 0 Å². The van der Waals surface area contributed by atoms with E-state index in [0.29, 0.717) is 12.5 Å². The molecule has 1 atom stereocenters. The fourth-order valence-electron chi connectivity index (χ4n) is 0.375. The lowest BCUT2D eigenvalue weighted by molar-refractivity contribution is 0.221. The Morgan fingerprint density at radius 2 is 2.25 bits per heavy atom. The highest BCUT2D eigenvalue weighted by molar-refractivity contribution is 7.33. The number of hydrogen-bond donors (Lipinski definition) is 1. The topological polar surface area (TPSA) is 68.1 Å². The Hall–Kier alpha value is -0.510. The molecule has 0 rings (SSSR count). The van der Waals surface area contributed by atoms with E-state index in [0.717, 1.165) is 6.21 Å². The Balaban J connectivity index is 3.34. The zero-order valence-electron chi connectivity index (χ0n) is 7.14. The van der Waals surface area contributed by atoms with Crippen LogP contribution in [0, 0.1) is 5.92 Å². The number of oxime groups is 1. The summed E-state index contributed by atoms with van der Waals surface area (Å²) in [6.45, 7) is 4.27. The van der Waals surface area contributed by atoms with Crippen molar-refractivity contribution in [2.75, 3.05) is 13.2 Å². The number of rotatable bonds is 6. The Morgan fingerprint density at radius 1 is 1.58 bits per heavy atom. The van der Waals surface area contributed by atoms with Gasteiger partial charge < -0.3 is 5.21 Å². The van der Waals surface area contributed by atoms with Crippen LogP contribution in [0.5, 0.6) is 0 Å². The van der Waals surface area contributed by atoms with E-state index < -0.39 is 8.25 Å². The number of hydrogen-bond acceptors (Lipinski definition) is 5. The van der Waals surface area contributed by atoms with Crippen molar-refractivity contribution in [1.82, 2.24) is 0 Å². The molecule has 0 fully saturated rings. The van der Waals surface area contributed by atoms with Gasteiger partial charge in [0.2, 0.25) is 0 Å². The van der Waals surface area contributed by atoms with Gasteiger partial charge in [0, 0.05) is 4.57 Å². The maximum atomic E-state index is 10.8. The summed E-state index contributed by atoms with van der Waals surface area (Å²) in [5.41, 5.74) is 0. The standard InChI is InChI=1S/C6H12NO4P/c1-6(2)5-11-12(9)10-4-3-7-8/h3,6H,4-5H2,1-2H3/p+1. The molecule has 0 aliphatic heterocycles. The van der Waals surface area contributed by atoms with E-state index in [1.165, 1.54) is 0 Å². The van der Waals surface area contributed by atoms with Crippen LogP contribution in [0.1, 0.15) is 13.8 Å². The van der Waals surface area contributed by atoms with Gasteiger partial charge in [0.05, 0.1) is 6.21 Å². The van der Waals surface area contributed by atoms with Crippen molar-refractivity contribution in [3.8, 4) is 0 Å². The maximum absolute atomic E-state index is 10.8. The molecule has 0 saturated carbocycles. The highest BCUT2D eigenvalue weighted by Crippen LogP contribution is 2.23. The smallest absolute Gasteiger partial charge is 0.411 e. The fourth-order valence-corrected chi connectivity index (χ4v) is 1.06. The minimum absolute atomic E-state index is 0.0101. The van der Waals surface area contributed by atoms with E-state index in [1.54, 1.807) is 0 Å². The van der Waals surface area contributed by atoms with Gasteiger partial charge in [0.15, 0.2) is 0 Å². The van der Waals surface area contributed by atoms with Crippen molar-refractivity contribution in [3.05, 3.63) is 0 Å². The Kier molecular flexibility index (Phi) is 6.85. The molecule has 12 heavy (non-hydrogen) atoms. The molecule has 0 radical (unpaired) electrons. The lowest BCUT2D eigenvalue weighted by Gasteiger charge is -1.94. The molecule has 1 unspecified atom stereocenters. The summed E-state index contributed by atoms with van der Waals surface area (Å²) < 4.78 is 20.2. The Labute approximate surface area is 72.3 Å². The zero-order chi connectivity index (χ0) is 9.40. The molecular weight excluding hydrogens is 181 g/mol. The second kappa shape index (κ2) is 7.16. The van der Waals surface area contributed by atoms with Crippen LogP contribution in [-0.2, 0) is 13.6 Å². The van der Waals surface area contributed by atoms with Crippen LogP contribution in [0.15, 0.2) is 5.16 Å². The van der Waals surface area contributed by atoms with E-state index in [2.05, 4.69) is 9.68 Å². The predicted molar refractivity (Wildman–Crippen MR) is 44.6 cm³/mol. The highest BCUT2D eigenvalue weighted by Gasteiger charge is 2.19. The quantitative estimate of drug-likeness (QED) is 0.303. The summed E-state index contributed by atoms with van der Waals surface area (Å²) in [5.74, 6) is 0.319. The van der Waals surface area contributed by atoms with Crippen molar-refractivity contribution >= 4 is 14.5 Å². The minimum Gasteiger partial charge on any atom is -0.411 e. The summed E-state index contributed by atoms with van der Waals surface area (Å²) in [4.78, 5) is 0. The molecule has 0 aromatic heterocycles. The SMILES string of the molecule is CC(C)CO[P+](=O)OCC=NO. The van der Waals surface area contributed by atoms with Gasteiger partial charge in [-0.05, 0) is 5.92 Å². The zero-order valence-corrected chi connectivity index (χ0v) is 8.03. The molecule has 0 heterocycles. The first kappa shape index (κ1) is 11.5. The molecule has 5 nitrogen and oxygen atoms in total. The molecule has 1 N–H and O–H groups in total. The van der Waals surface area contributed by atoms with Crippen molar-refractivity contribution < 1.29 is 18.8 Å². The molecular formula is C6H13NO4P+. The second-order valence-electron chi connectivity index (χ2n) is 2.51. The normalized spacial score (nSPS) is 12.8. The van der Waals surface area contributed by atoms with Crippen LogP contribution in [0.2, 0.25) is 0 Å². The molecule has 70 valence electrons. The molecule has 0 amide bonds. The molecule has 0 aromatic rings. The van der Waals surface area contributed by atoms with Crippen LogP contribution in [-0.4, -0.2) is 24.6 Å². The number of nitrogens with zero attached hydrogens (tertiary/aromatic N) is 1. The van der Waals surface area contributed by atoms with Gasteiger partial charge in [-0.1, -0.05) is 19.0 Å². The lowest BCUT2D eigenvalue weighted by Crippen LogP contribution is -1.97. The van der Waals surface area contributed by atoms with E-state index in [4.69, 9.17) is 9.73 Å². The summed E-state index contributed by atoms with van der Waals surface area (Å²) >= 11 is 0. The molecule has 0 aliphatic rings. The average Bonchev–Trinajstić information content (AvgIpc) is 2.01. The predicted octanol–water partition coefficient (Wildman–Crippen LogP) is 1.79. The maximum Gasteiger partial charge on any atom is 0.697 e. The van der Waals surface area contributed by atoms with Crippen molar-refractivity contribution in [2.45, 2.75) is 13.8 Å². The van der Waals surface area contributed by atoms with Crippen molar-refractivity contribution in [1.29, 1.82) is 0 Å². The first-order chi connectivity index (χ1) is 5.66. The van der Waals surface area contributed by atoms with Crippen LogP contribution in [0.4, 0.5) is 0 Å². The fraction of sp³-hybridized carbons (Fsp3) is 0.833. The van der Waals surface area contributed by atoms with Gasteiger partial charge in [0.1, 0.15) is 13.2 Å². The van der Waals surface area contributed by atoms with Crippen LogP contribution in [0.25, 0.3) is 0 Å². The third-order valence-corrected chi connectivity index (χ3v) is 1.57. The average molecular weight is 194 g/mol. The largest absolute Gasteiger partial charge is 0.697 e. The van der Waals surface area contributed by atoms with E-state index in [1.807, 2.05) is 13.8 Å². The third-order valence-electron chi connectivity index (χ3n) is 0.849. The van der Waals surface area contributed by atoms with Gasteiger partial charge in [-0.25, -0.2) is 0 Å². The van der Waals surface area contributed by atoms with Crippen molar-refractivity contribution in [3.63, 3.8) is 0 Å². The summed E-state index contributed by atoms with van der Waals surface area (Å²) in [5, 5.41) is 10.6. The van der Waals surface area contributed by atoms with Gasteiger partial charge in [-0.15, -0.1) is 9.05 Å². The van der Waals surface area contributed by atoms with Gasteiger partial charge in [-0.3, -0.25) is 0 Å². The molecule has 6 heteroatoms. The van der Waals surface area contributed by atoms with E-state index in [9.17, 15) is 4.57 Å². The molecule has 0 spiro atoms. The summed E-state index contributed by atoms with van der Waals surface area (Å²) in [7, 11) is -2.08. The van der Waals surface area contributed by atoms with E-state index >= 15 is 0 Å². The lowest BCUT2D eigenvalue weighted by atomic mass is 10.2. The van der Waals surface area contributed by atoms with E-state index in [-0.39, 0.29) is 6.61 Å². The third kappa shape index (κ3) is 7.60. The minimum atomic E-state index is -2.08. The highest BCUT2D eigenvalue weighted by atomic mass is 31.1. The van der Waals surface area contributed by atoms with Crippen molar-refractivity contribution in [2.24, 2.45) is 11.1 Å². The first-order valence-electron chi connectivity index (χ1n) is 3.55. The van der Waals surface area contributed by atoms with Crippen LogP contribution < -0.4 is 0 Å². The Bertz CT molecular complexity index is 160. The van der Waals surface area contributed by atoms with Gasteiger partial charge >= 0.3 is 8.25 Å². The summed E-state index contributed by atoms with van der Waals surface area (Å²) in [6, 6.07) is 0. The molecule has 0 saturated heterocycles. The van der Waals surface area contributed by atoms with Gasteiger partial charge in [-0.2, -0.15) is 0 Å². The molecule has 0 bridgehead atoms. The first-order valence-corrected chi connectivity index (χ1v) is 4.65. The molecule has 0 aliphatic carbocycles. The Morgan fingerprint density at radius 3 is 2.75 bits per heavy atom.